The van der Waals surface area contributed by atoms with Crippen LogP contribution < -0.4 is 25.4 Å². The number of methoxy groups -OCH3 is 2. The van der Waals surface area contributed by atoms with E-state index in [1.54, 1.807) is 37.6 Å². The van der Waals surface area contributed by atoms with Crippen molar-refractivity contribution in [2.45, 2.75) is 43.4 Å². The molecule has 3 heterocycles. The van der Waals surface area contributed by atoms with Gasteiger partial charge in [-0.2, -0.15) is 5.26 Å². The second kappa shape index (κ2) is 13.1. The van der Waals surface area contributed by atoms with Gasteiger partial charge in [-0.1, -0.05) is 49.1 Å². The topological polar surface area (TPSA) is 156 Å². The molecule has 0 saturated heterocycles. The van der Waals surface area contributed by atoms with Crippen LogP contribution in [0.25, 0.3) is 0 Å². The number of anilines is 1. The predicted molar refractivity (Wildman–Crippen MR) is 168 cm³/mol. The van der Waals surface area contributed by atoms with Crippen LogP contribution in [0.4, 0.5) is 5.13 Å². The van der Waals surface area contributed by atoms with Gasteiger partial charge in [-0.05, 0) is 47.6 Å². The lowest BCUT2D eigenvalue weighted by Crippen LogP contribution is -2.42. The van der Waals surface area contributed by atoms with Gasteiger partial charge in [0.25, 0.3) is 0 Å². The van der Waals surface area contributed by atoms with Crippen LogP contribution in [0.2, 0.25) is 0 Å². The van der Waals surface area contributed by atoms with E-state index in [1.807, 2.05) is 38.1 Å². The molecule has 1 aromatic carbocycles. The minimum atomic E-state index is -0.604. The number of thioether (sulfide) groups is 1. The predicted octanol–water partition coefficient (Wildman–Crippen LogP) is 4.34. The molecule has 5 rings (SSSR count). The number of aromatic nitrogens is 3. The molecule has 228 valence electrons. The molecule has 11 nitrogen and oxygen atoms in total. The number of nitrogens with one attached hydrogen (secondary N) is 1. The summed E-state index contributed by atoms with van der Waals surface area (Å²) >= 11 is 2.52. The number of pyridine rings is 1. The van der Waals surface area contributed by atoms with Crippen molar-refractivity contribution in [3.63, 3.8) is 0 Å². The summed E-state index contributed by atoms with van der Waals surface area (Å²) in [6, 6.07) is 11.6. The van der Waals surface area contributed by atoms with Gasteiger partial charge in [0.15, 0.2) is 21.6 Å². The first-order valence-electron chi connectivity index (χ1n) is 14.0. The fourth-order valence-electron chi connectivity index (χ4n) is 5.52. The van der Waals surface area contributed by atoms with E-state index >= 15 is 0 Å². The first-order chi connectivity index (χ1) is 21.2. The van der Waals surface area contributed by atoms with E-state index in [9.17, 15) is 14.9 Å². The van der Waals surface area contributed by atoms with Gasteiger partial charge >= 0.3 is 0 Å². The SMILES string of the molecule is COc1ccc(CCNC(=O)CSc2nnc(N3C(N)=C(C#N)C(c4cccnc4)C4=C3CC(C)(C)CC4=O)s2)cc1OC. The van der Waals surface area contributed by atoms with Crippen LogP contribution in [0.3, 0.4) is 0 Å². The molecule has 44 heavy (non-hydrogen) atoms. The number of ether oxygens (including phenoxy) is 2. The van der Waals surface area contributed by atoms with E-state index in [0.29, 0.717) is 52.4 Å². The number of hydrogen-bond acceptors (Lipinski definition) is 12. The molecule has 0 radical (unpaired) electrons. The van der Waals surface area contributed by atoms with Crippen molar-refractivity contribution in [2.24, 2.45) is 11.1 Å². The molecule has 3 aromatic rings. The van der Waals surface area contributed by atoms with E-state index in [2.05, 4.69) is 26.6 Å². The van der Waals surface area contributed by atoms with Gasteiger partial charge in [-0.3, -0.25) is 19.5 Å². The lowest BCUT2D eigenvalue weighted by Gasteiger charge is -2.42. The van der Waals surface area contributed by atoms with Crippen molar-refractivity contribution >= 4 is 39.9 Å². The Labute approximate surface area is 264 Å². The van der Waals surface area contributed by atoms with Gasteiger partial charge in [0.1, 0.15) is 5.82 Å². The molecule has 1 aliphatic carbocycles. The van der Waals surface area contributed by atoms with Crippen LogP contribution in [-0.4, -0.2) is 53.4 Å². The van der Waals surface area contributed by atoms with Crippen molar-refractivity contribution < 1.29 is 19.1 Å². The summed E-state index contributed by atoms with van der Waals surface area (Å²) in [6.07, 6.45) is 4.87. The molecule has 0 bridgehead atoms. The number of nitrogens with zero attached hydrogens (tertiary/aromatic N) is 5. The molecule has 3 N–H and O–H groups in total. The fraction of sp³-hybridized carbons (Fsp3) is 0.355. The monoisotopic (exact) mass is 631 g/mol. The zero-order chi connectivity index (χ0) is 31.4. The Kier molecular flexibility index (Phi) is 9.22. The smallest absolute Gasteiger partial charge is 0.230 e. The maximum Gasteiger partial charge on any atom is 0.230 e. The molecular formula is C31H33N7O4S2. The van der Waals surface area contributed by atoms with Crippen molar-refractivity contribution in [2.75, 3.05) is 31.4 Å². The molecule has 1 aliphatic heterocycles. The van der Waals surface area contributed by atoms with E-state index in [1.165, 1.54) is 23.1 Å². The number of rotatable bonds is 10. The van der Waals surface area contributed by atoms with E-state index in [-0.39, 0.29) is 34.3 Å². The molecule has 0 saturated carbocycles. The molecule has 1 amide bonds. The Bertz CT molecular complexity index is 1680. The fourth-order valence-corrected chi connectivity index (χ4v) is 7.23. The number of benzene rings is 1. The van der Waals surface area contributed by atoms with Crippen LogP contribution in [0.1, 0.15) is 43.7 Å². The van der Waals surface area contributed by atoms with Crippen molar-refractivity contribution in [1.82, 2.24) is 20.5 Å². The van der Waals surface area contributed by atoms with E-state index < -0.39 is 5.92 Å². The van der Waals surface area contributed by atoms with Crippen molar-refractivity contribution in [3.8, 4) is 17.6 Å². The number of carbonyl (C=O) groups excluding carboxylic acids is 2. The number of Topliss-reactive ketones (excluding diaryl/α,β-unsaturated/α-hetero) is 1. The Balaban J connectivity index is 1.31. The zero-order valence-corrected chi connectivity index (χ0v) is 26.6. The molecule has 1 unspecified atom stereocenters. The van der Waals surface area contributed by atoms with Crippen molar-refractivity contribution in [1.29, 1.82) is 5.26 Å². The molecule has 1 atom stereocenters. The normalized spacial score (nSPS) is 17.7. The van der Waals surface area contributed by atoms with Gasteiger partial charge in [0.2, 0.25) is 11.0 Å². The Morgan fingerprint density at radius 3 is 2.73 bits per heavy atom. The number of hydrogen-bond donors (Lipinski definition) is 2. The summed E-state index contributed by atoms with van der Waals surface area (Å²) < 4.78 is 11.2. The quantitative estimate of drug-likeness (QED) is 0.307. The van der Waals surface area contributed by atoms with Gasteiger partial charge in [-0.25, -0.2) is 0 Å². The highest BCUT2D eigenvalue weighted by Gasteiger charge is 2.45. The third-order valence-corrected chi connectivity index (χ3v) is 9.54. The zero-order valence-electron chi connectivity index (χ0n) is 24.9. The maximum absolute atomic E-state index is 13.6. The minimum Gasteiger partial charge on any atom is -0.493 e. The average Bonchev–Trinajstić information content (AvgIpc) is 3.47. The summed E-state index contributed by atoms with van der Waals surface area (Å²) in [5, 5.41) is 22.2. The number of carbonyl (C=O) groups is 2. The van der Waals surface area contributed by atoms with E-state index in [0.717, 1.165) is 16.8 Å². The standard InChI is InChI=1S/C31H33N7O4S2/c1-31(2)13-21-27(22(39)14-31)26(19-6-5-10-34-16-19)20(15-32)28(33)38(21)29-36-37-30(44-29)43-17-25(40)35-11-9-18-7-8-23(41-3)24(12-18)42-4/h5-8,10,12,16,26H,9,11,13-14,17,33H2,1-4H3,(H,35,40). The number of nitriles is 1. The number of allylic oxidation sites excluding steroid dienone is 3. The van der Waals surface area contributed by atoms with Gasteiger partial charge in [0.05, 0.1) is 37.5 Å². The second-order valence-electron chi connectivity index (χ2n) is 11.2. The highest BCUT2D eigenvalue weighted by molar-refractivity contribution is 8.01. The Morgan fingerprint density at radius 2 is 2.02 bits per heavy atom. The molecular weight excluding hydrogens is 599 g/mol. The van der Waals surface area contributed by atoms with Crippen LogP contribution >= 0.6 is 23.1 Å². The highest BCUT2D eigenvalue weighted by Crippen LogP contribution is 2.50. The number of amides is 1. The molecule has 2 aromatic heterocycles. The lowest BCUT2D eigenvalue weighted by atomic mass is 9.69. The second-order valence-corrected chi connectivity index (χ2v) is 13.4. The van der Waals surface area contributed by atoms with Gasteiger partial charge in [-0.15, -0.1) is 10.2 Å². The first kappa shape index (κ1) is 31.0. The summed E-state index contributed by atoms with van der Waals surface area (Å²) in [6.45, 7) is 4.54. The lowest BCUT2D eigenvalue weighted by molar-refractivity contribution is -0.119. The third-order valence-electron chi connectivity index (χ3n) is 7.50. The van der Waals surface area contributed by atoms with Crippen molar-refractivity contribution in [3.05, 3.63) is 76.5 Å². The first-order valence-corrected chi connectivity index (χ1v) is 15.8. The maximum atomic E-state index is 13.6. The van der Waals surface area contributed by atoms with Crippen LogP contribution in [0.5, 0.6) is 11.5 Å². The van der Waals surface area contributed by atoms with Gasteiger partial charge < -0.3 is 20.5 Å². The van der Waals surface area contributed by atoms with Crippen LogP contribution in [0, 0.1) is 16.7 Å². The summed E-state index contributed by atoms with van der Waals surface area (Å²) in [5.74, 6) is 0.886. The number of nitrogens with two attached hydrogens (primary N) is 1. The summed E-state index contributed by atoms with van der Waals surface area (Å²) in [7, 11) is 3.17. The number of ketones is 1. The molecule has 2 aliphatic rings. The van der Waals surface area contributed by atoms with Crippen LogP contribution in [-0.2, 0) is 16.0 Å². The largest absolute Gasteiger partial charge is 0.493 e. The Morgan fingerprint density at radius 1 is 1.23 bits per heavy atom. The Hall–Kier alpha value is -4.41. The van der Waals surface area contributed by atoms with Crippen LogP contribution in [0.15, 0.2) is 69.7 Å². The minimum absolute atomic E-state index is 0.0285. The van der Waals surface area contributed by atoms with E-state index in [4.69, 9.17) is 15.2 Å². The summed E-state index contributed by atoms with van der Waals surface area (Å²) in [5.41, 5.74) is 9.64. The van der Waals surface area contributed by atoms with Gasteiger partial charge in [0, 0.05) is 36.6 Å². The molecule has 0 fully saturated rings. The molecule has 0 spiro atoms. The molecule has 13 heteroatoms. The third kappa shape index (κ3) is 6.41. The average molecular weight is 632 g/mol. The highest BCUT2D eigenvalue weighted by atomic mass is 32.2. The summed E-state index contributed by atoms with van der Waals surface area (Å²) in [4.78, 5) is 32.1.